The molecule has 21 heavy (non-hydrogen) atoms. The Bertz CT molecular complexity index is 464. The summed E-state index contributed by atoms with van der Waals surface area (Å²) in [6.45, 7) is 0.324. The van der Waals surface area contributed by atoms with E-state index in [1.807, 2.05) is 0 Å². The molecule has 3 N–H and O–H groups in total. The number of halogens is 5. The first kappa shape index (κ1) is 19.9. The predicted octanol–water partition coefficient (Wildman–Crippen LogP) is 2.41. The van der Waals surface area contributed by atoms with E-state index < -0.39 is 17.8 Å². The minimum absolute atomic E-state index is 0. The molecule has 2 rings (SSSR count). The van der Waals surface area contributed by atoms with Gasteiger partial charge < -0.3 is 11.1 Å². The van der Waals surface area contributed by atoms with Crippen LogP contribution in [0.5, 0.6) is 0 Å². The SMILES string of the molecule is Cl.Cl.NC(CNC(=O)c1ccc(C(F)(F)F)nc1)C1CC1. The van der Waals surface area contributed by atoms with Gasteiger partial charge in [-0.3, -0.25) is 9.78 Å². The van der Waals surface area contributed by atoms with Crippen LogP contribution in [0.2, 0.25) is 0 Å². The molecule has 0 saturated heterocycles. The number of carbonyl (C=O) groups is 1. The monoisotopic (exact) mass is 345 g/mol. The van der Waals surface area contributed by atoms with Crippen molar-refractivity contribution >= 4 is 30.7 Å². The van der Waals surface area contributed by atoms with Gasteiger partial charge in [0.2, 0.25) is 0 Å². The van der Waals surface area contributed by atoms with E-state index in [2.05, 4.69) is 10.3 Å². The van der Waals surface area contributed by atoms with Crippen molar-refractivity contribution in [3.05, 3.63) is 29.6 Å². The summed E-state index contributed by atoms with van der Waals surface area (Å²) in [7, 11) is 0. The maximum absolute atomic E-state index is 12.3. The van der Waals surface area contributed by atoms with E-state index >= 15 is 0 Å². The zero-order chi connectivity index (χ0) is 14.0. The predicted molar refractivity (Wildman–Crippen MR) is 76.8 cm³/mol. The summed E-state index contributed by atoms with van der Waals surface area (Å²) in [5.41, 5.74) is 4.89. The Balaban J connectivity index is 0.00000200. The van der Waals surface area contributed by atoms with Gasteiger partial charge >= 0.3 is 6.18 Å². The number of nitrogens with two attached hydrogens (primary N) is 1. The van der Waals surface area contributed by atoms with Crippen LogP contribution in [-0.4, -0.2) is 23.5 Å². The van der Waals surface area contributed by atoms with Gasteiger partial charge in [-0.1, -0.05) is 0 Å². The highest BCUT2D eigenvalue weighted by molar-refractivity contribution is 5.93. The van der Waals surface area contributed by atoms with Gasteiger partial charge in [0.25, 0.3) is 5.91 Å². The lowest BCUT2D eigenvalue weighted by atomic mass is 10.2. The van der Waals surface area contributed by atoms with Gasteiger partial charge in [0.05, 0.1) is 5.56 Å². The van der Waals surface area contributed by atoms with Crippen LogP contribution in [-0.2, 0) is 6.18 Å². The van der Waals surface area contributed by atoms with E-state index in [9.17, 15) is 18.0 Å². The Labute approximate surface area is 132 Å². The lowest BCUT2D eigenvalue weighted by molar-refractivity contribution is -0.141. The fourth-order valence-electron chi connectivity index (χ4n) is 1.70. The molecule has 0 radical (unpaired) electrons. The molecule has 0 bridgehead atoms. The van der Waals surface area contributed by atoms with Crippen molar-refractivity contribution < 1.29 is 18.0 Å². The highest BCUT2D eigenvalue weighted by Gasteiger charge is 2.32. The number of pyridine rings is 1. The van der Waals surface area contributed by atoms with Gasteiger partial charge in [0.15, 0.2) is 0 Å². The van der Waals surface area contributed by atoms with Gasteiger partial charge in [-0.05, 0) is 30.9 Å². The lowest BCUT2D eigenvalue weighted by Gasteiger charge is -2.11. The molecule has 1 aliphatic carbocycles. The van der Waals surface area contributed by atoms with Crippen LogP contribution in [0.15, 0.2) is 18.3 Å². The summed E-state index contributed by atoms with van der Waals surface area (Å²) >= 11 is 0. The van der Waals surface area contributed by atoms with E-state index in [0.29, 0.717) is 12.5 Å². The van der Waals surface area contributed by atoms with E-state index in [0.717, 1.165) is 31.2 Å². The molecule has 1 aliphatic rings. The van der Waals surface area contributed by atoms with Crippen molar-refractivity contribution in [2.75, 3.05) is 6.54 Å². The Kier molecular flexibility index (Phi) is 7.43. The molecular formula is C12H16Cl2F3N3O. The van der Waals surface area contributed by atoms with Crippen LogP contribution < -0.4 is 11.1 Å². The van der Waals surface area contributed by atoms with Gasteiger partial charge in [-0.15, -0.1) is 24.8 Å². The van der Waals surface area contributed by atoms with Crippen molar-refractivity contribution in [2.45, 2.75) is 25.1 Å². The Hall–Kier alpha value is -1.05. The number of alkyl halides is 3. The summed E-state index contributed by atoms with van der Waals surface area (Å²) in [6, 6.07) is 1.80. The van der Waals surface area contributed by atoms with Crippen LogP contribution in [0.4, 0.5) is 13.2 Å². The van der Waals surface area contributed by atoms with Crippen LogP contribution in [0, 0.1) is 5.92 Å². The minimum atomic E-state index is -4.50. The van der Waals surface area contributed by atoms with Crippen molar-refractivity contribution in [3.63, 3.8) is 0 Å². The quantitative estimate of drug-likeness (QED) is 0.880. The number of hydrogen-bond donors (Lipinski definition) is 2. The average molecular weight is 346 g/mol. The summed E-state index contributed by atoms with van der Waals surface area (Å²) in [5.74, 6) is -0.0108. The van der Waals surface area contributed by atoms with Crippen LogP contribution >= 0.6 is 24.8 Å². The standard InChI is InChI=1S/C12H14F3N3O.2ClH/c13-12(14,15)10-4-3-8(5-17-10)11(19)18-6-9(16)7-1-2-7;;/h3-5,7,9H,1-2,6,16H2,(H,18,19);2*1H. The van der Waals surface area contributed by atoms with Crippen LogP contribution in [0.3, 0.4) is 0 Å². The lowest BCUT2D eigenvalue weighted by Crippen LogP contribution is -2.38. The molecule has 0 spiro atoms. The number of nitrogens with one attached hydrogen (secondary N) is 1. The van der Waals surface area contributed by atoms with E-state index in [4.69, 9.17) is 5.73 Å². The van der Waals surface area contributed by atoms with Gasteiger partial charge in [-0.25, -0.2) is 0 Å². The molecule has 1 heterocycles. The Morgan fingerprint density at radius 3 is 2.43 bits per heavy atom. The number of rotatable bonds is 4. The summed E-state index contributed by atoms with van der Waals surface area (Å²) in [6.07, 6.45) is -1.44. The summed E-state index contributed by atoms with van der Waals surface area (Å²) in [4.78, 5) is 14.9. The first-order valence-corrected chi connectivity index (χ1v) is 5.95. The molecule has 9 heteroatoms. The number of nitrogens with zero attached hydrogens (tertiary/aromatic N) is 1. The molecule has 1 saturated carbocycles. The number of carbonyl (C=O) groups excluding carboxylic acids is 1. The van der Waals surface area contributed by atoms with Gasteiger partial charge in [-0.2, -0.15) is 13.2 Å². The molecule has 0 aromatic carbocycles. The second-order valence-electron chi connectivity index (χ2n) is 4.64. The molecule has 1 amide bonds. The first-order valence-electron chi connectivity index (χ1n) is 5.95. The van der Waals surface area contributed by atoms with Crippen molar-refractivity contribution in [1.82, 2.24) is 10.3 Å². The third kappa shape index (κ3) is 5.68. The normalized spacial score (nSPS) is 15.4. The minimum Gasteiger partial charge on any atom is -0.350 e. The van der Waals surface area contributed by atoms with Gasteiger partial charge in [0, 0.05) is 18.8 Å². The second-order valence-corrected chi connectivity index (χ2v) is 4.64. The molecule has 120 valence electrons. The van der Waals surface area contributed by atoms with E-state index in [-0.39, 0.29) is 36.4 Å². The highest BCUT2D eigenvalue weighted by Crippen LogP contribution is 2.31. The molecule has 1 atom stereocenters. The zero-order valence-electron chi connectivity index (χ0n) is 10.9. The molecule has 0 aliphatic heterocycles. The van der Waals surface area contributed by atoms with Crippen LogP contribution in [0.1, 0.15) is 28.9 Å². The van der Waals surface area contributed by atoms with Gasteiger partial charge in [0.1, 0.15) is 5.69 Å². The third-order valence-electron chi connectivity index (χ3n) is 3.04. The fraction of sp³-hybridized carbons (Fsp3) is 0.500. The number of hydrogen-bond acceptors (Lipinski definition) is 3. The number of aromatic nitrogens is 1. The molecule has 1 unspecified atom stereocenters. The van der Waals surface area contributed by atoms with Crippen LogP contribution in [0.25, 0.3) is 0 Å². The molecular weight excluding hydrogens is 330 g/mol. The Morgan fingerprint density at radius 1 is 1.38 bits per heavy atom. The maximum atomic E-state index is 12.3. The Morgan fingerprint density at radius 2 is 2.00 bits per heavy atom. The average Bonchev–Trinajstić information content (AvgIpc) is 3.19. The molecule has 4 nitrogen and oxygen atoms in total. The molecule has 1 fully saturated rings. The fourth-order valence-corrected chi connectivity index (χ4v) is 1.70. The topological polar surface area (TPSA) is 68.0 Å². The molecule has 1 aromatic rings. The first-order chi connectivity index (χ1) is 8.88. The van der Waals surface area contributed by atoms with Crippen molar-refractivity contribution in [2.24, 2.45) is 11.7 Å². The zero-order valence-corrected chi connectivity index (χ0v) is 12.5. The van der Waals surface area contributed by atoms with E-state index in [1.165, 1.54) is 0 Å². The highest BCUT2D eigenvalue weighted by atomic mass is 35.5. The maximum Gasteiger partial charge on any atom is 0.433 e. The van der Waals surface area contributed by atoms with Crippen molar-refractivity contribution in [1.29, 1.82) is 0 Å². The second kappa shape index (κ2) is 7.82. The number of amides is 1. The largest absolute Gasteiger partial charge is 0.433 e. The van der Waals surface area contributed by atoms with Crippen molar-refractivity contribution in [3.8, 4) is 0 Å². The smallest absolute Gasteiger partial charge is 0.350 e. The summed E-state index contributed by atoms with van der Waals surface area (Å²) in [5, 5.41) is 2.59. The molecule has 1 aromatic heterocycles. The third-order valence-corrected chi connectivity index (χ3v) is 3.04. The van der Waals surface area contributed by atoms with E-state index in [1.54, 1.807) is 0 Å². The summed E-state index contributed by atoms with van der Waals surface area (Å²) < 4.78 is 36.9.